The van der Waals surface area contributed by atoms with Crippen molar-refractivity contribution >= 4 is 24.4 Å². The summed E-state index contributed by atoms with van der Waals surface area (Å²) in [5.74, 6) is 0.462. The number of nitrogens with one attached hydrogen (secondary N) is 1. The van der Waals surface area contributed by atoms with Gasteiger partial charge in [0.1, 0.15) is 6.04 Å². The summed E-state index contributed by atoms with van der Waals surface area (Å²) in [6.07, 6.45) is 0. The zero-order chi connectivity index (χ0) is 13.6. The van der Waals surface area contributed by atoms with Crippen molar-refractivity contribution in [3.8, 4) is 0 Å². The molecule has 0 saturated heterocycles. The average molecular weight is 260 g/mol. The van der Waals surface area contributed by atoms with E-state index in [0.717, 1.165) is 0 Å². The maximum absolute atomic E-state index is 12.2. The van der Waals surface area contributed by atoms with E-state index in [4.69, 9.17) is 0 Å². The molecular formula is C12H24N2O2S. The first kappa shape index (κ1) is 16.3. The minimum absolute atomic E-state index is 0.0566. The van der Waals surface area contributed by atoms with Crippen LogP contribution in [0.5, 0.6) is 0 Å². The molecule has 1 atom stereocenters. The standard InChI is InChI=1S/C12H24N2O2S/c1-8(2)6-14(9(3)4)12(16)11(7-17)13-10(5)15/h8-9,11,17H,6-7H2,1-5H3,(H,13,15). The number of rotatable bonds is 6. The molecular weight excluding hydrogens is 236 g/mol. The quantitative estimate of drug-likeness (QED) is 0.708. The topological polar surface area (TPSA) is 49.4 Å². The Morgan fingerprint density at radius 3 is 2.06 bits per heavy atom. The number of nitrogens with zero attached hydrogens (tertiary/aromatic N) is 1. The van der Waals surface area contributed by atoms with Crippen LogP contribution in [0, 0.1) is 5.92 Å². The molecule has 0 heterocycles. The molecule has 2 amide bonds. The smallest absolute Gasteiger partial charge is 0.246 e. The Morgan fingerprint density at radius 2 is 1.76 bits per heavy atom. The van der Waals surface area contributed by atoms with Gasteiger partial charge < -0.3 is 10.2 Å². The van der Waals surface area contributed by atoms with Crippen molar-refractivity contribution in [1.29, 1.82) is 0 Å². The van der Waals surface area contributed by atoms with E-state index in [2.05, 4.69) is 31.8 Å². The van der Waals surface area contributed by atoms with Gasteiger partial charge in [-0.05, 0) is 19.8 Å². The van der Waals surface area contributed by atoms with Crippen molar-refractivity contribution in [3.63, 3.8) is 0 Å². The lowest BCUT2D eigenvalue weighted by atomic mass is 10.1. The average Bonchev–Trinajstić information content (AvgIpc) is 2.20. The fraction of sp³-hybridized carbons (Fsp3) is 0.833. The summed E-state index contributed by atoms with van der Waals surface area (Å²) in [4.78, 5) is 25.1. The molecule has 0 fully saturated rings. The van der Waals surface area contributed by atoms with E-state index in [1.165, 1.54) is 6.92 Å². The Morgan fingerprint density at radius 1 is 1.24 bits per heavy atom. The van der Waals surface area contributed by atoms with E-state index in [-0.39, 0.29) is 17.9 Å². The number of thiol groups is 1. The largest absolute Gasteiger partial charge is 0.344 e. The van der Waals surface area contributed by atoms with E-state index in [1.807, 2.05) is 13.8 Å². The lowest BCUT2D eigenvalue weighted by Crippen LogP contribution is -2.52. The zero-order valence-corrected chi connectivity index (χ0v) is 12.3. The third-order valence-electron chi connectivity index (χ3n) is 2.33. The fourth-order valence-corrected chi connectivity index (χ4v) is 1.83. The molecule has 1 N–H and O–H groups in total. The highest BCUT2D eigenvalue weighted by Crippen LogP contribution is 2.07. The van der Waals surface area contributed by atoms with Crippen LogP contribution in [0.1, 0.15) is 34.6 Å². The molecule has 0 aromatic heterocycles. The second kappa shape index (κ2) is 7.58. The maximum atomic E-state index is 12.2. The van der Waals surface area contributed by atoms with Gasteiger partial charge in [0.15, 0.2) is 0 Å². The number of amides is 2. The third-order valence-corrected chi connectivity index (χ3v) is 2.69. The summed E-state index contributed by atoms with van der Waals surface area (Å²) >= 11 is 4.12. The summed E-state index contributed by atoms with van der Waals surface area (Å²) < 4.78 is 0. The van der Waals surface area contributed by atoms with Crippen molar-refractivity contribution in [1.82, 2.24) is 10.2 Å². The number of hydrogen-bond acceptors (Lipinski definition) is 3. The predicted octanol–water partition coefficient (Wildman–Crippen LogP) is 1.31. The summed E-state index contributed by atoms with van der Waals surface area (Å²) in [5, 5.41) is 2.63. The van der Waals surface area contributed by atoms with Crippen molar-refractivity contribution < 1.29 is 9.59 Å². The molecule has 0 aliphatic rings. The van der Waals surface area contributed by atoms with Crippen molar-refractivity contribution in [3.05, 3.63) is 0 Å². The highest BCUT2D eigenvalue weighted by molar-refractivity contribution is 7.80. The Labute approximate surface area is 110 Å². The molecule has 0 bridgehead atoms. The Bertz CT molecular complexity index is 267. The second-order valence-corrected chi connectivity index (χ2v) is 5.28. The van der Waals surface area contributed by atoms with Crippen LogP contribution in [0.15, 0.2) is 0 Å². The van der Waals surface area contributed by atoms with Gasteiger partial charge in [-0.2, -0.15) is 12.6 Å². The van der Waals surface area contributed by atoms with E-state index < -0.39 is 6.04 Å². The van der Waals surface area contributed by atoms with Crippen LogP contribution in [0.3, 0.4) is 0 Å². The molecule has 1 unspecified atom stereocenters. The van der Waals surface area contributed by atoms with Crippen LogP contribution < -0.4 is 5.32 Å². The van der Waals surface area contributed by atoms with Crippen LogP contribution in [0.4, 0.5) is 0 Å². The van der Waals surface area contributed by atoms with Gasteiger partial charge in [-0.25, -0.2) is 0 Å². The first-order valence-corrected chi connectivity index (χ1v) is 6.61. The van der Waals surface area contributed by atoms with E-state index in [9.17, 15) is 9.59 Å². The molecule has 0 radical (unpaired) electrons. The van der Waals surface area contributed by atoms with Gasteiger partial charge >= 0.3 is 0 Å². The van der Waals surface area contributed by atoms with Gasteiger partial charge in [-0.15, -0.1) is 0 Å². The summed E-state index contributed by atoms with van der Waals surface area (Å²) in [5.41, 5.74) is 0. The predicted molar refractivity (Wildman–Crippen MR) is 73.1 cm³/mol. The van der Waals surface area contributed by atoms with E-state index >= 15 is 0 Å². The molecule has 0 saturated carbocycles. The summed E-state index contributed by atoms with van der Waals surface area (Å²) in [6, 6.07) is -0.405. The lowest BCUT2D eigenvalue weighted by Gasteiger charge is -2.31. The van der Waals surface area contributed by atoms with Crippen LogP contribution in [0.2, 0.25) is 0 Å². The number of carbonyl (C=O) groups is 2. The zero-order valence-electron chi connectivity index (χ0n) is 11.4. The summed E-state index contributed by atoms with van der Waals surface area (Å²) in [6.45, 7) is 10.2. The van der Waals surface area contributed by atoms with Crippen LogP contribution in [-0.4, -0.2) is 41.1 Å². The van der Waals surface area contributed by atoms with Crippen molar-refractivity contribution in [2.75, 3.05) is 12.3 Å². The van der Waals surface area contributed by atoms with Crippen LogP contribution in [0.25, 0.3) is 0 Å². The molecule has 100 valence electrons. The Kier molecular flexibility index (Phi) is 7.27. The third kappa shape index (κ3) is 5.96. The molecule has 4 nitrogen and oxygen atoms in total. The number of carbonyl (C=O) groups excluding carboxylic acids is 2. The van der Waals surface area contributed by atoms with E-state index in [0.29, 0.717) is 18.2 Å². The second-order valence-electron chi connectivity index (χ2n) is 4.91. The maximum Gasteiger partial charge on any atom is 0.246 e. The minimum Gasteiger partial charge on any atom is -0.344 e. The van der Waals surface area contributed by atoms with Gasteiger partial charge in [-0.3, -0.25) is 9.59 Å². The minimum atomic E-state index is -0.531. The molecule has 0 spiro atoms. The molecule has 17 heavy (non-hydrogen) atoms. The Hall–Kier alpha value is -0.710. The van der Waals surface area contributed by atoms with Gasteiger partial charge in [0.2, 0.25) is 11.8 Å². The lowest BCUT2D eigenvalue weighted by molar-refractivity contribution is -0.137. The van der Waals surface area contributed by atoms with Crippen LogP contribution in [-0.2, 0) is 9.59 Å². The van der Waals surface area contributed by atoms with Gasteiger partial charge in [0, 0.05) is 25.3 Å². The first-order valence-electron chi connectivity index (χ1n) is 5.98. The molecule has 0 rings (SSSR count). The molecule has 0 aromatic carbocycles. The molecule has 5 heteroatoms. The van der Waals surface area contributed by atoms with Gasteiger partial charge in [-0.1, -0.05) is 13.8 Å². The fourth-order valence-electron chi connectivity index (χ4n) is 1.58. The van der Waals surface area contributed by atoms with E-state index in [1.54, 1.807) is 4.90 Å². The van der Waals surface area contributed by atoms with Crippen molar-refractivity contribution in [2.45, 2.75) is 46.7 Å². The van der Waals surface area contributed by atoms with Crippen LogP contribution >= 0.6 is 12.6 Å². The SMILES string of the molecule is CC(=O)NC(CS)C(=O)N(CC(C)C)C(C)C. The molecule has 0 aliphatic carbocycles. The summed E-state index contributed by atoms with van der Waals surface area (Å²) in [7, 11) is 0. The monoisotopic (exact) mass is 260 g/mol. The highest BCUT2D eigenvalue weighted by Gasteiger charge is 2.26. The van der Waals surface area contributed by atoms with Gasteiger partial charge in [0.25, 0.3) is 0 Å². The van der Waals surface area contributed by atoms with Gasteiger partial charge in [0.05, 0.1) is 0 Å². The molecule has 0 aliphatic heterocycles. The first-order chi connectivity index (χ1) is 7.79. The normalized spacial score (nSPS) is 12.7. The number of hydrogen-bond donors (Lipinski definition) is 2. The Balaban J connectivity index is 4.72. The molecule has 0 aromatic rings. The van der Waals surface area contributed by atoms with Crippen molar-refractivity contribution in [2.24, 2.45) is 5.92 Å². The highest BCUT2D eigenvalue weighted by atomic mass is 32.1.